The summed E-state index contributed by atoms with van der Waals surface area (Å²) in [5.41, 5.74) is 2.50. The van der Waals surface area contributed by atoms with E-state index in [9.17, 15) is 4.79 Å². The van der Waals surface area contributed by atoms with Crippen LogP contribution in [0.4, 0.5) is 0 Å². The fourth-order valence-electron chi connectivity index (χ4n) is 2.24. The molecule has 2 aromatic carbocycles. The van der Waals surface area contributed by atoms with Gasteiger partial charge in [0.05, 0.1) is 6.61 Å². The van der Waals surface area contributed by atoms with Gasteiger partial charge in [-0.3, -0.25) is 4.79 Å². The number of allylic oxidation sites excluding steroid dienone is 1. The molecule has 1 heterocycles. The lowest BCUT2D eigenvalue weighted by Crippen LogP contribution is -1.95. The van der Waals surface area contributed by atoms with Crippen molar-refractivity contribution < 1.29 is 9.53 Å². The van der Waals surface area contributed by atoms with Crippen LogP contribution in [0.3, 0.4) is 0 Å². The summed E-state index contributed by atoms with van der Waals surface area (Å²) >= 11 is 11.9. The second kappa shape index (κ2) is 5.92. The zero-order valence-corrected chi connectivity index (χ0v) is 12.6. The molecule has 0 saturated carbocycles. The van der Waals surface area contributed by atoms with Crippen LogP contribution in [0.2, 0.25) is 10.0 Å². The van der Waals surface area contributed by atoms with E-state index in [1.807, 2.05) is 12.1 Å². The van der Waals surface area contributed by atoms with E-state index in [2.05, 4.69) is 0 Å². The molecule has 4 heteroatoms. The van der Waals surface area contributed by atoms with E-state index >= 15 is 0 Å². The molecule has 0 bridgehead atoms. The largest absolute Gasteiger partial charge is 0.493 e. The molecule has 21 heavy (non-hydrogen) atoms. The van der Waals surface area contributed by atoms with Gasteiger partial charge in [-0.1, -0.05) is 29.3 Å². The molecule has 0 N–H and O–H groups in total. The predicted molar refractivity (Wildman–Crippen MR) is 85.5 cm³/mol. The lowest BCUT2D eigenvalue weighted by Gasteiger charge is -2.01. The molecule has 0 atom stereocenters. The zero-order valence-electron chi connectivity index (χ0n) is 11.1. The van der Waals surface area contributed by atoms with Crippen LogP contribution in [-0.2, 0) is 6.42 Å². The van der Waals surface area contributed by atoms with Crippen LogP contribution < -0.4 is 4.74 Å². The Balaban J connectivity index is 1.81. The summed E-state index contributed by atoms with van der Waals surface area (Å²) < 4.78 is 5.43. The number of ether oxygens (including phenoxy) is 1. The Hall–Kier alpha value is -1.77. The van der Waals surface area contributed by atoms with Crippen molar-refractivity contribution in [2.24, 2.45) is 0 Å². The Morgan fingerprint density at radius 1 is 1.14 bits per heavy atom. The Labute approximate surface area is 132 Å². The number of fused-ring (bicyclic) bond motifs is 1. The van der Waals surface area contributed by atoms with E-state index in [-0.39, 0.29) is 5.78 Å². The normalized spacial score (nSPS) is 13.2. The van der Waals surface area contributed by atoms with Crippen LogP contribution in [0.5, 0.6) is 5.75 Å². The summed E-state index contributed by atoms with van der Waals surface area (Å²) in [5, 5.41) is 1.09. The van der Waals surface area contributed by atoms with Crippen molar-refractivity contribution in [1.82, 2.24) is 0 Å². The van der Waals surface area contributed by atoms with Crippen LogP contribution in [0.25, 0.3) is 6.08 Å². The maximum atomic E-state index is 12.2. The Morgan fingerprint density at radius 3 is 2.81 bits per heavy atom. The van der Waals surface area contributed by atoms with Gasteiger partial charge in [-0.05, 0) is 53.6 Å². The van der Waals surface area contributed by atoms with E-state index < -0.39 is 0 Å². The van der Waals surface area contributed by atoms with Crippen molar-refractivity contribution in [2.75, 3.05) is 6.61 Å². The molecular weight excluding hydrogens is 307 g/mol. The summed E-state index contributed by atoms with van der Waals surface area (Å²) in [7, 11) is 0. The maximum Gasteiger partial charge on any atom is 0.185 e. The highest BCUT2D eigenvalue weighted by atomic mass is 35.5. The number of ketones is 1. The number of hydrogen-bond acceptors (Lipinski definition) is 2. The van der Waals surface area contributed by atoms with Crippen LogP contribution in [0.1, 0.15) is 21.5 Å². The number of carbonyl (C=O) groups excluding carboxylic acids is 1. The first-order chi connectivity index (χ1) is 10.1. The lowest BCUT2D eigenvalue weighted by atomic mass is 10.0. The maximum absolute atomic E-state index is 12.2. The highest BCUT2D eigenvalue weighted by Gasteiger charge is 2.13. The van der Waals surface area contributed by atoms with E-state index in [4.69, 9.17) is 27.9 Å². The Morgan fingerprint density at radius 2 is 2.00 bits per heavy atom. The van der Waals surface area contributed by atoms with Gasteiger partial charge in [-0.2, -0.15) is 0 Å². The number of carbonyl (C=O) groups is 1. The first-order valence-corrected chi connectivity index (χ1v) is 7.32. The fourth-order valence-corrected chi connectivity index (χ4v) is 2.71. The molecule has 0 unspecified atom stereocenters. The van der Waals surface area contributed by atoms with Gasteiger partial charge in [0.15, 0.2) is 5.78 Å². The van der Waals surface area contributed by atoms with E-state index in [0.717, 1.165) is 23.3 Å². The van der Waals surface area contributed by atoms with E-state index in [0.29, 0.717) is 22.2 Å². The second-order valence-corrected chi connectivity index (χ2v) is 5.63. The van der Waals surface area contributed by atoms with Gasteiger partial charge in [-0.25, -0.2) is 0 Å². The van der Waals surface area contributed by atoms with Crippen molar-refractivity contribution in [3.8, 4) is 5.75 Å². The molecule has 0 spiro atoms. The number of rotatable bonds is 3. The summed E-state index contributed by atoms with van der Waals surface area (Å²) in [4.78, 5) is 12.2. The molecule has 0 amide bonds. The molecule has 0 radical (unpaired) electrons. The van der Waals surface area contributed by atoms with Gasteiger partial charge < -0.3 is 4.74 Å². The molecule has 106 valence electrons. The molecule has 0 fully saturated rings. The van der Waals surface area contributed by atoms with E-state index in [1.165, 1.54) is 6.08 Å². The average Bonchev–Trinajstić information content (AvgIpc) is 2.93. The van der Waals surface area contributed by atoms with Crippen molar-refractivity contribution in [1.29, 1.82) is 0 Å². The number of benzene rings is 2. The molecule has 2 aromatic rings. The van der Waals surface area contributed by atoms with Gasteiger partial charge >= 0.3 is 0 Å². The molecule has 1 aliphatic heterocycles. The minimum absolute atomic E-state index is 0.0595. The molecule has 1 aliphatic rings. The summed E-state index contributed by atoms with van der Waals surface area (Å²) in [5.74, 6) is 0.812. The summed E-state index contributed by atoms with van der Waals surface area (Å²) in [6, 6.07) is 10.7. The summed E-state index contributed by atoms with van der Waals surface area (Å²) in [6.07, 6.45) is 4.07. The third kappa shape index (κ3) is 3.12. The lowest BCUT2D eigenvalue weighted by molar-refractivity contribution is 0.104. The van der Waals surface area contributed by atoms with Crippen molar-refractivity contribution in [3.63, 3.8) is 0 Å². The molecule has 0 saturated heterocycles. The first kappa shape index (κ1) is 14.2. The highest BCUT2D eigenvalue weighted by molar-refractivity contribution is 6.35. The van der Waals surface area contributed by atoms with Crippen molar-refractivity contribution in [2.45, 2.75) is 6.42 Å². The average molecular weight is 319 g/mol. The predicted octanol–water partition coefficient (Wildman–Crippen LogP) is 4.82. The smallest absolute Gasteiger partial charge is 0.185 e. The SMILES string of the molecule is O=C(/C=C/c1ccc(Cl)cc1Cl)c1ccc2c(c1)CCO2. The molecule has 2 nitrogen and oxygen atoms in total. The second-order valence-electron chi connectivity index (χ2n) is 4.78. The van der Waals surface area contributed by atoms with Crippen LogP contribution in [0, 0.1) is 0 Å². The highest BCUT2D eigenvalue weighted by Crippen LogP contribution is 2.26. The molecular formula is C17H12Cl2O2. The van der Waals surface area contributed by atoms with Crippen LogP contribution in [0.15, 0.2) is 42.5 Å². The van der Waals surface area contributed by atoms with Gasteiger partial charge in [0.25, 0.3) is 0 Å². The Kier molecular flexibility index (Phi) is 4.00. The fraction of sp³-hybridized carbons (Fsp3) is 0.118. The van der Waals surface area contributed by atoms with Crippen molar-refractivity contribution in [3.05, 3.63) is 69.2 Å². The monoisotopic (exact) mass is 318 g/mol. The number of halogens is 2. The van der Waals surface area contributed by atoms with Crippen LogP contribution >= 0.6 is 23.2 Å². The first-order valence-electron chi connectivity index (χ1n) is 6.57. The summed E-state index contributed by atoms with van der Waals surface area (Å²) in [6.45, 7) is 0.684. The molecule has 0 aliphatic carbocycles. The van der Waals surface area contributed by atoms with Gasteiger partial charge in [-0.15, -0.1) is 0 Å². The van der Waals surface area contributed by atoms with Crippen molar-refractivity contribution >= 4 is 35.1 Å². The van der Waals surface area contributed by atoms with Gasteiger partial charge in [0.2, 0.25) is 0 Å². The van der Waals surface area contributed by atoms with Gasteiger partial charge in [0.1, 0.15) is 5.75 Å². The third-order valence-corrected chi connectivity index (χ3v) is 3.91. The minimum Gasteiger partial charge on any atom is -0.493 e. The number of hydrogen-bond donors (Lipinski definition) is 0. The van der Waals surface area contributed by atoms with E-state index in [1.54, 1.807) is 30.3 Å². The van der Waals surface area contributed by atoms with Crippen LogP contribution in [-0.4, -0.2) is 12.4 Å². The molecule has 3 rings (SSSR count). The topological polar surface area (TPSA) is 26.3 Å². The quantitative estimate of drug-likeness (QED) is 0.598. The Bertz CT molecular complexity index is 736. The van der Waals surface area contributed by atoms with Gasteiger partial charge in [0, 0.05) is 22.0 Å². The zero-order chi connectivity index (χ0) is 14.8. The third-order valence-electron chi connectivity index (χ3n) is 3.35. The molecule has 0 aromatic heterocycles. The minimum atomic E-state index is -0.0595. The standard InChI is InChI=1S/C17H12Cl2O2/c18-14-4-1-11(15(19)10-14)2-5-16(20)12-3-6-17-13(9-12)7-8-21-17/h1-6,9-10H,7-8H2/b5-2+.